The van der Waals surface area contributed by atoms with Crippen molar-refractivity contribution in [2.75, 3.05) is 25.6 Å². The van der Waals surface area contributed by atoms with Gasteiger partial charge in [-0.3, -0.25) is 4.68 Å². The second-order valence-electron chi connectivity index (χ2n) is 5.25. The molecule has 0 amide bonds. The lowest BCUT2D eigenvalue weighted by atomic mass is 10.1. The molecule has 0 aliphatic rings. The third kappa shape index (κ3) is 3.88. The number of hydrogen-bond acceptors (Lipinski definition) is 6. The van der Waals surface area contributed by atoms with Crippen LogP contribution in [0.15, 0.2) is 35.0 Å². The first kappa shape index (κ1) is 15.5. The van der Waals surface area contributed by atoms with Gasteiger partial charge < -0.3 is 19.6 Å². The van der Waals surface area contributed by atoms with Gasteiger partial charge >= 0.3 is 0 Å². The Balaban J connectivity index is 1.65. The maximum Gasteiger partial charge on any atom is 0.295 e. The van der Waals surface area contributed by atoms with Crippen LogP contribution >= 0.6 is 0 Å². The minimum Gasteiger partial charge on any atom is -0.424 e. The Kier molecular flexibility index (Phi) is 4.89. The number of aliphatic hydroxyl groups excluding tert-OH is 1. The molecule has 2 aromatic heterocycles. The van der Waals surface area contributed by atoms with Gasteiger partial charge in [0.2, 0.25) is 0 Å². The van der Waals surface area contributed by atoms with Crippen molar-refractivity contribution in [3.05, 3.63) is 41.7 Å². The summed E-state index contributed by atoms with van der Waals surface area (Å²) in [5.41, 5.74) is 3.76. The number of fused-ring (bicyclic) bond motifs is 1. The minimum atomic E-state index is 0.0745. The van der Waals surface area contributed by atoms with E-state index in [1.165, 1.54) is 5.56 Å². The predicted molar refractivity (Wildman–Crippen MR) is 86.2 cm³/mol. The van der Waals surface area contributed by atoms with Gasteiger partial charge in [-0.25, -0.2) is 0 Å². The van der Waals surface area contributed by atoms with E-state index in [2.05, 4.69) is 15.4 Å². The Hall–Kier alpha value is -2.38. The number of nitrogens with one attached hydrogen (secondary N) is 1. The number of aliphatic hydroxyl groups is 1. The standard InChI is InChI=1S/C16H20N4O3/c1-22-7-4-12-2-3-15-14(8-12)19-16(23-15)17-9-13-10-18-20(11-13)5-6-21/h2-3,8,10-11,21H,4-7,9H2,1H3,(H,17,19). The molecule has 7 heteroatoms. The lowest BCUT2D eigenvalue weighted by Gasteiger charge is -1.98. The smallest absolute Gasteiger partial charge is 0.295 e. The molecule has 0 saturated carbocycles. The summed E-state index contributed by atoms with van der Waals surface area (Å²) in [6.45, 7) is 1.82. The summed E-state index contributed by atoms with van der Waals surface area (Å²) < 4.78 is 12.5. The van der Waals surface area contributed by atoms with Gasteiger partial charge in [0.15, 0.2) is 5.58 Å². The molecule has 0 saturated heterocycles. The number of methoxy groups -OCH3 is 1. The van der Waals surface area contributed by atoms with Crippen LogP contribution in [0.25, 0.3) is 11.1 Å². The summed E-state index contributed by atoms with van der Waals surface area (Å²) in [5, 5.41) is 16.2. The maximum atomic E-state index is 8.88. The van der Waals surface area contributed by atoms with Gasteiger partial charge in [-0.15, -0.1) is 0 Å². The number of oxazole rings is 1. The van der Waals surface area contributed by atoms with Crippen LogP contribution < -0.4 is 5.32 Å². The molecule has 0 atom stereocenters. The summed E-state index contributed by atoms with van der Waals surface area (Å²) in [6, 6.07) is 6.45. The zero-order chi connectivity index (χ0) is 16.1. The zero-order valence-corrected chi connectivity index (χ0v) is 13.0. The topological polar surface area (TPSA) is 85.3 Å². The van der Waals surface area contributed by atoms with Crippen molar-refractivity contribution in [2.45, 2.75) is 19.5 Å². The first-order valence-corrected chi connectivity index (χ1v) is 7.53. The SMILES string of the molecule is COCCc1ccc2oc(NCc3cnn(CCO)c3)nc2c1. The molecule has 23 heavy (non-hydrogen) atoms. The van der Waals surface area contributed by atoms with Crippen LogP contribution in [0.3, 0.4) is 0 Å². The fourth-order valence-corrected chi connectivity index (χ4v) is 2.32. The van der Waals surface area contributed by atoms with Gasteiger partial charge in [0, 0.05) is 25.4 Å². The molecule has 0 aliphatic carbocycles. The number of anilines is 1. The highest BCUT2D eigenvalue weighted by molar-refractivity contribution is 5.75. The van der Waals surface area contributed by atoms with Crippen LogP contribution in [0.4, 0.5) is 6.01 Å². The van der Waals surface area contributed by atoms with Gasteiger partial charge in [-0.1, -0.05) is 6.07 Å². The highest BCUT2D eigenvalue weighted by Gasteiger charge is 2.07. The molecule has 2 heterocycles. The second-order valence-corrected chi connectivity index (χ2v) is 5.25. The van der Waals surface area contributed by atoms with Crippen LogP contribution in [-0.2, 0) is 24.2 Å². The molecule has 7 nitrogen and oxygen atoms in total. The van der Waals surface area contributed by atoms with Gasteiger partial charge in [-0.05, 0) is 24.1 Å². The molecule has 3 aromatic rings. The molecule has 0 radical (unpaired) electrons. The van der Waals surface area contributed by atoms with Crippen molar-refractivity contribution in [3.63, 3.8) is 0 Å². The van der Waals surface area contributed by atoms with Crippen molar-refractivity contribution < 1.29 is 14.3 Å². The van der Waals surface area contributed by atoms with Crippen molar-refractivity contribution in [3.8, 4) is 0 Å². The highest BCUT2D eigenvalue weighted by Crippen LogP contribution is 2.21. The summed E-state index contributed by atoms with van der Waals surface area (Å²) in [4.78, 5) is 4.45. The molecule has 0 spiro atoms. The molecule has 0 fully saturated rings. The van der Waals surface area contributed by atoms with Crippen molar-refractivity contribution in [1.82, 2.24) is 14.8 Å². The number of hydrogen-bond donors (Lipinski definition) is 2. The van der Waals surface area contributed by atoms with Crippen molar-refractivity contribution >= 4 is 17.1 Å². The van der Waals surface area contributed by atoms with Crippen LogP contribution in [0, 0.1) is 0 Å². The summed E-state index contributed by atoms with van der Waals surface area (Å²) in [5.74, 6) is 0. The van der Waals surface area contributed by atoms with Gasteiger partial charge in [0.1, 0.15) is 5.52 Å². The van der Waals surface area contributed by atoms with E-state index in [0.29, 0.717) is 25.7 Å². The van der Waals surface area contributed by atoms with Crippen molar-refractivity contribution in [1.29, 1.82) is 0 Å². The lowest BCUT2D eigenvalue weighted by Crippen LogP contribution is -2.02. The quantitative estimate of drug-likeness (QED) is 0.659. The van der Waals surface area contributed by atoms with E-state index in [-0.39, 0.29) is 6.61 Å². The van der Waals surface area contributed by atoms with Gasteiger partial charge in [0.25, 0.3) is 6.01 Å². The predicted octanol–water partition coefficient (Wildman–Crippen LogP) is 1.82. The molecule has 0 aliphatic heterocycles. The van der Waals surface area contributed by atoms with Crippen molar-refractivity contribution in [2.24, 2.45) is 0 Å². The fraction of sp³-hybridized carbons (Fsp3) is 0.375. The Morgan fingerprint density at radius 3 is 3.09 bits per heavy atom. The fourth-order valence-electron chi connectivity index (χ4n) is 2.32. The lowest BCUT2D eigenvalue weighted by molar-refractivity contribution is 0.202. The molecule has 3 rings (SSSR count). The Labute approximate surface area is 133 Å². The number of benzene rings is 1. The van der Waals surface area contributed by atoms with Crippen LogP contribution in [-0.4, -0.2) is 40.2 Å². The first-order chi connectivity index (χ1) is 11.3. The number of nitrogens with zero attached hydrogens (tertiary/aromatic N) is 3. The first-order valence-electron chi connectivity index (χ1n) is 7.53. The number of ether oxygens (including phenoxy) is 1. The van der Waals surface area contributed by atoms with E-state index in [1.54, 1.807) is 18.0 Å². The third-order valence-electron chi connectivity index (χ3n) is 3.51. The monoisotopic (exact) mass is 316 g/mol. The second kappa shape index (κ2) is 7.26. The molecule has 0 unspecified atom stereocenters. The highest BCUT2D eigenvalue weighted by atomic mass is 16.5. The van der Waals surface area contributed by atoms with Crippen LogP contribution in [0.2, 0.25) is 0 Å². The average Bonchev–Trinajstić information content (AvgIpc) is 3.17. The average molecular weight is 316 g/mol. The van der Waals surface area contributed by atoms with E-state index in [1.807, 2.05) is 24.4 Å². The Morgan fingerprint density at radius 2 is 2.26 bits per heavy atom. The molecular formula is C16H20N4O3. The van der Waals surface area contributed by atoms with Crippen LogP contribution in [0.1, 0.15) is 11.1 Å². The normalized spacial score (nSPS) is 11.2. The molecular weight excluding hydrogens is 296 g/mol. The van der Waals surface area contributed by atoms with E-state index in [9.17, 15) is 0 Å². The molecule has 2 N–H and O–H groups in total. The van der Waals surface area contributed by atoms with E-state index >= 15 is 0 Å². The van der Waals surface area contributed by atoms with E-state index in [0.717, 1.165) is 23.1 Å². The van der Waals surface area contributed by atoms with E-state index in [4.69, 9.17) is 14.3 Å². The summed E-state index contributed by atoms with van der Waals surface area (Å²) in [7, 11) is 1.69. The zero-order valence-electron chi connectivity index (χ0n) is 13.0. The molecule has 0 bridgehead atoms. The largest absolute Gasteiger partial charge is 0.424 e. The summed E-state index contributed by atoms with van der Waals surface area (Å²) >= 11 is 0. The molecule has 122 valence electrons. The summed E-state index contributed by atoms with van der Waals surface area (Å²) in [6.07, 6.45) is 4.50. The number of rotatable bonds is 8. The Morgan fingerprint density at radius 1 is 1.35 bits per heavy atom. The van der Waals surface area contributed by atoms with Gasteiger partial charge in [-0.2, -0.15) is 10.1 Å². The minimum absolute atomic E-state index is 0.0745. The number of aromatic nitrogens is 3. The molecule has 1 aromatic carbocycles. The van der Waals surface area contributed by atoms with Gasteiger partial charge in [0.05, 0.1) is 26.0 Å². The van der Waals surface area contributed by atoms with Crippen LogP contribution in [0.5, 0.6) is 0 Å². The Bertz CT molecular complexity index is 766. The maximum absolute atomic E-state index is 8.88. The van der Waals surface area contributed by atoms with E-state index < -0.39 is 0 Å². The third-order valence-corrected chi connectivity index (χ3v) is 3.51.